The van der Waals surface area contributed by atoms with Gasteiger partial charge in [0.15, 0.2) is 0 Å². The Kier molecular flexibility index (Phi) is 9.24. The van der Waals surface area contributed by atoms with Crippen LogP contribution in [0.4, 0.5) is 17.1 Å². The standard InChI is InChI=1S/C37H41BN2O5/c1-3-10-24(21-26-11-8-9-14-32(26)41)15-20-33-34-25(4-2)22-30-35(31(34)23-38(44)45-33)37(43)40(36(30)42)29-18-16-28(17-19-29)39-27-12-6-5-7-13-27/h5-9,11-14,16-19,21,30-31,33,35,39,41,44H,3-4,10,15,20,22-23H2,1-2H3/b24-21+/t30-,31+,33-,35-/m1/s1. The zero-order valence-corrected chi connectivity index (χ0v) is 26.0. The number of anilines is 3. The molecule has 0 saturated carbocycles. The number of phenolic OH excluding ortho intramolecular Hbond substituents is 1. The average Bonchev–Trinajstić information content (AvgIpc) is 3.30. The first-order chi connectivity index (χ1) is 21.9. The molecule has 3 aromatic carbocycles. The van der Waals surface area contributed by atoms with Gasteiger partial charge in [0.1, 0.15) is 5.75 Å². The number of imide groups is 1. The minimum Gasteiger partial charge on any atom is -0.507 e. The van der Waals surface area contributed by atoms with Gasteiger partial charge in [-0.1, -0.05) is 73.9 Å². The fraction of sp³-hybridized carbons (Fsp3) is 0.351. The Morgan fingerprint density at radius 2 is 1.64 bits per heavy atom. The second kappa shape index (κ2) is 13.5. The number of allylic oxidation sites excluding steroid dienone is 2. The van der Waals surface area contributed by atoms with Crippen LogP contribution in [0.15, 0.2) is 95.6 Å². The van der Waals surface area contributed by atoms with Crippen LogP contribution in [-0.2, 0) is 14.2 Å². The quantitative estimate of drug-likeness (QED) is 0.126. The molecule has 1 aliphatic carbocycles. The van der Waals surface area contributed by atoms with E-state index in [0.29, 0.717) is 24.8 Å². The molecule has 45 heavy (non-hydrogen) atoms. The lowest BCUT2D eigenvalue weighted by Gasteiger charge is -2.43. The van der Waals surface area contributed by atoms with Gasteiger partial charge in [-0.05, 0) is 92.4 Å². The van der Waals surface area contributed by atoms with Crippen molar-refractivity contribution in [1.82, 2.24) is 0 Å². The molecule has 7 nitrogen and oxygen atoms in total. The summed E-state index contributed by atoms with van der Waals surface area (Å²) in [7, 11) is -1.00. The van der Waals surface area contributed by atoms with Crippen molar-refractivity contribution < 1.29 is 24.4 Å². The summed E-state index contributed by atoms with van der Waals surface area (Å²) in [6.45, 7) is 4.23. The van der Waals surface area contributed by atoms with E-state index in [0.717, 1.165) is 48.2 Å². The summed E-state index contributed by atoms with van der Waals surface area (Å²) in [5, 5.41) is 24.6. The Morgan fingerprint density at radius 3 is 2.36 bits per heavy atom. The summed E-state index contributed by atoms with van der Waals surface area (Å²) in [6.07, 6.45) is 6.58. The Hall–Kier alpha value is -4.14. The van der Waals surface area contributed by atoms with Gasteiger partial charge in [0.25, 0.3) is 0 Å². The molecule has 4 atom stereocenters. The number of nitrogens with zero attached hydrogens (tertiary/aromatic N) is 1. The lowest BCUT2D eigenvalue weighted by atomic mass is 9.58. The molecule has 2 fully saturated rings. The van der Waals surface area contributed by atoms with Gasteiger partial charge in [-0.25, -0.2) is 0 Å². The predicted octanol–water partition coefficient (Wildman–Crippen LogP) is 7.51. The first-order valence-corrected chi connectivity index (χ1v) is 16.2. The van der Waals surface area contributed by atoms with Crippen LogP contribution in [0.5, 0.6) is 5.75 Å². The third kappa shape index (κ3) is 6.35. The number of nitrogens with one attached hydrogen (secondary N) is 1. The van der Waals surface area contributed by atoms with E-state index in [1.54, 1.807) is 6.07 Å². The fourth-order valence-electron chi connectivity index (χ4n) is 7.48. The highest BCUT2D eigenvalue weighted by molar-refractivity contribution is 6.43. The van der Waals surface area contributed by atoms with E-state index >= 15 is 0 Å². The summed E-state index contributed by atoms with van der Waals surface area (Å²) in [4.78, 5) is 29.3. The van der Waals surface area contributed by atoms with Crippen LogP contribution in [-0.4, -0.2) is 35.2 Å². The third-order valence-electron chi connectivity index (χ3n) is 9.52. The number of carbonyl (C=O) groups is 2. The number of para-hydroxylation sites is 2. The van der Waals surface area contributed by atoms with Crippen LogP contribution in [0.3, 0.4) is 0 Å². The van der Waals surface area contributed by atoms with Crippen molar-refractivity contribution in [3.05, 3.63) is 101 Å². The predicted molar refractivity (Wildman–Crippen MR) is 179 cm³/mol. The van der Waals surface area contributed by atoms with E-state index < -0.39 is 19.0 Å². The Morgan fingerprint density at radius 1 is 0.933 bits per heavy atom. The van der Waals surface area contributed by atoms with Crippen LogP contribution < -0.4 is 10.2 Å². The third-order valence-corrected chi connectivity index (χ3v) is 9.52. The molecule has 3 aromatic rings. The van der Waals surface area contributed by atoms with Gasteiger partial charge < -0.3 is 20.1 Å². The molecular formula is C37H41BN2O5. The monoisotopic (exact) mass is 604 g/mol. The first kappa shape index (κ1) is 30.9. The van der Waals surface area contributed by atoms with Crippen molar-refractivity contribution >= 4 is 42.1 Å². The zero-order valence-electron chi connectivity index (χ0n) is 26.0. The molecule has 0 radical (unpaired) electrons. The van der Waals surface area contributed by atoms with E-state index in [4.69, 9.17) is 4.65 Å². The van der Waals surface area contributed by atoms with Crippen LogP contribution in [0, 0.1) is 17.8 Å². The van der Waals surface area contributed by atoms with Crippen molar-refractivity contribution in [3.8, 4) is 5.75 Å². The molecule has 2 amide bonds. The van der Waals surface area contributed by atoms with E-state index in [1.807, 2.05) is 72.8 Å². The summed E-state index contributed by atoms with van der Waals surface area (Å²) in [6, 6.07) is 24.6. The molecule has 0 unspecified atom stereocenters. The lowest BCUT2D eigenvalue weighted by molar-refractivity contribution is -0.122. The molecule has 3 aliphatic rings. The smallest absolute Gasteiger partial charge is 0.455 e. The molecule has 0 spiro atoms. The number of rotatable bonds is 10. The average molecular weight is 605 g/mol. The molecular weight excluding hydrogens is 563 g/mol. The number of aromatic hydroxyl groups is 1. The maximum Gasteiger partial charge on any atom is 0.455 e. The molecule has 2 heterocycles. The van der Waals surface area contributed by atoms with Gasteiger partial charge in [0.05, 0.1) is 23.6 Å². The number of fused-ring (bicyclic) bond motifs is 3. The molecule has 0 aromatic heterocycles. The minimum absolute atomic E-state index is 0.160. The van der Waals surface area contributed by atoms with E-state index in [9.17, 15) is 19.7 Å². The molecule has 0 bridgehead atoms. The van der Waals surface area contributed by atoms with E-state index in [2.05, 4.69) is 25.2 Å². The topological polar surface area (TPSA) is 99.1 Å². The van der Waals surface area contributed by atoms with Gasteiger partial charge in [-0.2, -0.15) is 0 Å². The maximum absolute atomic E-state index is 14.1. The zero-order chi connectivity index (χ0) is 31.5. The normalized spacial score (nSPS) is 23.3. The summed E-state index contributed by atoms with van der Waals surface area (Å²) in [5.41, 5.74) is 6.66. The Labute approximate surface area is 265 Å². The lowest BCUT2D eigenvalue weighted by Crippen LogP contribution is -2.46. The Balaban J connectivity index is 1.23. The second-order valence-electron chi connectivity index (χ2n) is 12.4. The minimum atomic E-state index is -1.00. The number of phenols is 1. The fourth-order valence-corrected chi connectivity index (χ4v) is 7.48. The molecule has 232 valence electrons. The highest BCUT2D eigenvalue weighted by Gasteiger charge is 2.57. The number of benzene rings is 3. The number of amides is 2. The van der Waals surface area contributed by atoms with Crippen LogP contribution in [0.2, 0.25) is 6.32 Å². The van der Waals surface area contributed by atoms with Crippen molar-refractivity contribution in [2.75, 3.05) is 10.2 Å². The van der Waals surface area contributed by atoms with Gasteiger partial charge in [0, 0.05) is 16.9 Å². The summed E-state index contributed by atoms with van der Waals surface area (Å²) < 4.78 is 6.18. The summed E-state index contributed by atoms with van der Waals surface area (Å²) in [5.74, 6) is -1.30. The van der Waals surface area contributed by atoms with Gasteiger partial charge in [-0.15, -0.1) is 0 Å². The van der Waals surface area contributed by atoms with E-state index in [-0.39, 0.29) is 29.6 Å². The highest BCUT2D eigenvalue weighted by Crippen LogP contribution is 2.52. The van der Waals surface area contributed by atoms with Crippen LogP contribution in [0.25, 0.3) is 6.08 Å². The van der Waals surface area contributed by atoms with E-state index in [1.165, 1.54) is 16.0 Å². The van der Waals surface area contributed by atoms with Crippen LogP contribution in [0.1, 0.15) is 57.9 Å². The summed E-state index contributed by atoms with van der Waals surface area (Å²) >= 11 is 0. The largest absolute Gasteiger partial charge is 0.507 e. The number of hydrogen-bond donors (Lipinski definition) is 3. The van der Waals surface area contributed by atoms with Crippen molar-refractivity contribution in [2.45, 2.75) is 64.8 Å². The van der Waals surface area contributed by atoms with Crippen molar-refractivity contribution in [1.29, 1.82) is 0 Å². The van der Waals surface area contributed by atoms with Gasteiger partial charge in [-0.3, -0.25) is 14.5 Å². The highest BCUT2D eigenvalue weighted by atomic mass is 16.5. The second-order valence-corrected chi connectivity index (χ2v) is 12.4. The molecule has 6 rings (SSSR count). The number of hydrogen-bond acceptors (Lipinski definition) is 6. The maximum atomic E-state index is 14.1. The van der Waals surface area contributed by atoms with Crippen molar-refractivity contribution in [3.63, 3.8) is 0 Å². The molecule has 2 saturated heterocycles. The van der Waals surface area contributed by atoms with Crippen molar-refractivity contribution in [2.24, 2.45) is 17.8 Å². The number of carbonyl (C=O) groups excluding carboxylic acids is 2. The molecule has 3 N–H and O–H groups in total. The SMILES string of the molecule is CCC/C(=C\c1ccccc1O)CC[C@H]1OB(O)C[C@H]2C1=C(CC)C[C@H]1C(=O)N(c3ccc(Nc4ccccc4)cc3)C(=O)[C@H]12. The first-order valence-electron chi connectivity index (χ1n) is 16.2. The van der Waals surface area contributed by atoms with Crippen LogP contribution >= 0.6 is 0 Å². The molecule has 2 aliphatic heterocycles. The van der Waals surface area contributed by atoms with Gasteiger partial charge >= 0.3 is 7.12 Å². The Bertz CT molecular complexity index is 1600. The van der Waals surface area contributed by atoms with Gasteiger partial charge in [0.2, 0.25) is 11.8 Å². The molecule has 8 heteroatoms.